The number of hydrogen-bond donors (Lipinski definition) is 1. The molecule has 6 nitrogen and oxygen atoms in total. The molecule has 1 aromatic rings. The molecule has 0 atom stereocenters. The summed E-state index contributed by atoms with van der Waals surface area (Å²) in [6.07, 6.45) is 6.75. The highest BCUT2D eigenvalue weighted by Gasteiger charge is 2.27. The fourth-order valence-corrected chi connectivity index (χ4v) is 2.55. The Bertz CT molecular complexity index is 461. The highest BCUT2D eigenvalue weighted by atomic mass is 16.5. The number of carbonyl (C=O) groups is 2. The van der Waals surface area contributed by atoms with Gasteiger partial charge in [0, 0.05) is 6.20 Å². The highest BCUT2D eigenvalue weighted by Crippen LogP contribution is 2.35. The van der Waals surface area contributed by atoms with Gasteiger partial charge >= 0.3 is 11.9 Å². The van der Waals surface area contributed by atoms with E-state index in [9.17, 15) is 9.59 Å². The normalized spacial score (nSPS) is 23.0. The van der Waals surface area contributed by atoms with E-state index >= 15 is 0 Å². The summed E-state index contributed by atoms with van der Waals surface area (Å²) in [5.74, 6) is -0.882. The van der Waals surface area contributed by atoms with Gasteiger partial charge in [-0.3, -0.25) is 14.3 Å². The second-order valence-corrected chi connectivity index (χ2v) is 4.93. The molecule has 1 saturated carbocycles. The number of methoxy groups -OCH3 is 1. The minimum atomic E-state index is -0.695. The SMILES string of the molecule is COC(=O)Cn1cc(C2CCC(C(=O)O)CC2)cn1. The zero-order chi connectivity index (χ0) is 13.8. The molecule has 0 saturated heterocycles. The van der Waals surface area contributed by atoms with E-state index in [1.807, 2.05) is 6.20 Å². The summed E-state index contributed by atoms with van der Waals surface area (Å²) in [5.41, 5.74) is 1.08. The van der Waals surface area contributed by atoms with E-state index in [0.29, 0.717) is 18.8 Å². The van der Waals surface area contributed by atoms with E-state index < -0.39 is 5.97 Å². The van der Waals surface area contributed by atoms with Crippen molar-refractivity contribution in [2.45, 2.75) is 38.1 Å². The molecule has 1 aliphatic rings. The van der Waals surface area contributed by atoms with Crippen molar-refractivity contribution in [2.75, 3.05) is 7.11 Å². The Labute approximate surface area is 111 Å². The van der Waals surface area contributed by atoms with Crippen molar-refractivity contribution in [3.8, 4) is 0 Å². The molecule has 1 heterocycles. The van der Waals surface area contributed by atoms with E-state index in [-0.39, 0.29) is 18.4 Å². The molecular formula is C13H18N2O4. The second kappa shape index (κ2) is 5.86. The molecule has 2 rings (SSSR count). The van der Waals surface area contributed by atoms with Crippen LogP contribution in [0.4, 0.5) is 0 Å². The molecule has 0 bridgehead atoms. The van der Waals surface area contributed by atoms with Crippen LogP contribution in [-0.4, -0.2) is 33.9 Å². The van der Waals surface area contributed by atoms with Crippen LogP contribution in [0.5, 0.6) is 0 Å². The third kappa shape index (κ3) is 3.33. The minimum Gasteiger partial charge on any atom is -0.481 e. The van der Waals surface area contributed by atoms with Crippen molar-refractivity contribution in [3.05, 3.63) is 18.0 Å². The third-order valence-electron chi connectivity index (χ3n) is 3.72. The fraction of sp³-hybridized carbons (Fsp3) is 0.615. The molecule has 0 aliphatic heterocycles. The Balaban J connectivity index is 1.93. The van der Waals surface area contributed by atoms with Crippen molar-refractivity contribution in [2.24, 2.45) is 5.92 Å². The van der Waals surface area contributed by atoms with Gasteiger partial charge in [-0.1, -0.05) is 0 Å². The average Bonchev–Trinajstić information content (AvgIpc) is 2.87. The number of carboxylic acids is 1. The molecule has 0 unspecified atom stereocenters. The van der Waals surface area contributed by atoms with Crippen LogP contribution in [0, 0.1) is 5.92 Å². The van der Waals surface area contributed by atoms with Gasteiger partial charge in [-0.2, -0.15) is 5.10 Å². The number of carboxylic acid groups (broad SMARTS) is 1. The lowest BCUT2D eigenvalue weighted by molar-refractivity contribution is -0.143. The predicted octanol–water partition coefficient (Wildman–Crippen LogP) is 1.41. The van der Waals surface area contributed by atoms with Crippen LogP contribution in [0.1, 0.15) is 37.2 Å². The third-order valence-corrected chi connectivity index (χ3v) is 3.72. The van der Waals surface area contributed by atoms with Gasteiger partial charge in [0.05, 0.1) is 19.2 Å². The quantitative estimate of drug-likeness (QED) is 0.833. The Kier molecular flexibility index (Phi) is 4.19. The van der Waals surface area contributed by atoms with Gasteiger partial charge in [-0.25, -0.2) is 0 Å². The van der Waals surface area contributed by atoms with Crippen LogP contribution in [0.2, 0.25) is 0 Å². The van der Waals surface area contributed by atoms with Crippen molar-refractivity contribution in [1.82, 2.24) is 9.78 Å². The maximum absolute atomic E-state index is 11.1. The van der Waals surface area contributed by atoms with Crippen molar-refractivity contribution in [3.63, 3.8) is 0 Å². The van der Waals surface area contributed by atoms with Crippen LogP contribution >= 0.6 is 0 Å². The van der Waals surface area contributed by atoms with Gasteiger partial charge in [0.25, 0.3) is 0 Å². The minimum absolute atomic E-state index is 0.112. The van der Waals surface area contributed by atoms with Crippen LogP contribution in [0.3, 0.4) is 0 Å². The van der Waals surface area contributed by atoms with Crippen molar-refractivity contribution < 1.29 is 19.4 Å². The van der Waals surface area contributed by atoms with Crippen LogP contribution in [0.25, 0.3) is 0 Å². The van der Waals surface area contributed by atoms with E-state index in [1.165, 1.54) is 7.11 Å². The summed E-state index contributed by atoms with van der Waals surface area (Å²) in [4.78, 5) is 22.0. The summed E-state index contributed by atoms with van der Waals surface area (Å²) < 4.78 is 6.14. The van der Waals surface area contributed by atoms with E-state index in [2.05, 4.69) is 9.84 Å². The Hall–Kier alpha value is -1.85. The van der Waals surface area contributed by atoms with Gasteiger partial charge < -0.3 is 9.84 Å². The highest BCUT2D eigenvalue weighted by molar-refractivity contribution is 5.70. The standard InChI is InChI=1S/C13H18N2O4/c1-19-12(16)8-15-7-11(6-14-15)9-2-4-10(5-3-9)13(17)18/h6-7,9-10H,2-5,8H2,1H3,(H,17,18). The average molecular weight is 266 g/mol. The van der Waals surface area contributed by atoms with Crippen LogP contribution in [0.15, 0.2) is 12.4 Å². The van der Waals surface area contributed by atoms with Gasteiger partial charge in [-0.05, 0) is 37.2 Å². The predicted molar refractivity (Wildman–Crippen MR) is 66.6 cm³/mol. The molecule has 104 valence electrons. The monoisotopic (exact) mass is 266 g/mol. The maximum atomic E-state index is 11.1. The first-order chi connectivity index (χ1) is 9.10. The van der Waals surface area contributed by atoms with E-state index in [0.717, 1.165) is 18.4 Å². The fourth-order valence-electron chi connectivity index (χ4n) is 2.55. The largest absolute Gasteiger partial charge is 0.481 e. The Morgan fingerprint density at radius 2 is 2.11 bits per heavy atom. The summed E-state index contributed by atoms with van der Waals surface area (Å²) in [6.45, 7) is 0.112. The molecule has 6 heteroatoms. The number of hydrogen-bond acceptors (Lipinski definition) is 4. The molecular weight excluding hydrogens is 248 g/mol. The smallest absolute Gasteiger partial charge is 0.327 e. The number of esters is 1. The van der Waals surface area contributed by atoms with E-state index in [4.69, 9.17) is 5.11 Å². The first-order valence-corrected chi connectivity index (χ1v) is 6.42. The number of rotatable bonds is 4. The number of aliphatic carboxylic acids is 1. The molecule has 0 aromatic carbocycles. The van der Waals surface area contributed by atoms with Gasteiger partial charge in [0.2, 0.25) is 0 Å². The molecule has 19 heavy (non-hydrogen) atoms. The van der Waals surface area contributed by atoms with Crippen molar-refractivity contribution in [1.29, 1.82) is 0 Å². The first kappa shape index (κ1) is 13.6. The summed E-state index contributed by atoms with van der Waals surface area (Å²) in [5, 5.41) is 13.1. The summed E-state index contributed by atoms with van der Waals surface area (Å²) in [7, 11) is 1.35. The molecule has 0 spiro atoms. The number of nitrogens with zero attached hydrogens (tertiary/aromatic N) is 2. The number of carbonyl (C=O) groups excluding carboxylic acids is 1. The second-order valence-electron chi connectivity index (χ2n) is 4.93. The topological polar surface area (TPSA) is 81.4 Å². The first-order valence-electron chi connectivity index (χ1n) is 6.42. The van der Waals surface area contributed by atoms with Crippen LogP contribution in [-0.2, 0) is 20.9 Å². The lowest BCUT2D eigenvalue weighted by Crippen LogP contribution is -2.20. The number of ether oxygens (including phenoxy) is 1. The molecule has 1 aromatic heterocycles. The van der Waals surface area contributed by atoms with Crippen molar-refractivity contribution >= 4 is 11.9 Å². The molecule has 0 amide bonds. The molecule has 1 aliphatic carbocycles. The maximum Gasteiger partial charge on any atom is 0.327 e. The summed E-state index contributed by atoms with van der Waals surface area (Å²) in [6, 6.07) is 0. The molecule has 1 fully saturated rings. The van der Waals surface area contributed by atoms with Gasteiger partial charge in [-0.15, -0.1) is 0 Å². The zero-order valence-corrected chi connectivity index (χ0v) is 10.9. The van der Waals surface area contributed by atoms with E-state index in [1.54, 1.807) is 10.9 Å². The Morgan fingerprint density at radius 3 is 2.68 bits per heavy atom. The zero-order valence-electron chi connectivity index (χ0n) is 10.9. The summed E-state index contributed by atoms with van der Waals surface area (Å²) >= 11 is 0. The lowest BCUT2D eigenvalue weighted by Gasteiger charge is -2.25. The Morgan fingerprint density at radius 1 is 1.42 bits per heavy atom. The van der Waals surface area contributed by atoms with Crippen LogP contribution < -0.4 is 0 Å². The molecule has 1 N–H and O–H groups in total. The lowest BCUT2D eigenvalue weighted by atomic mass is 9.79. The van der Waals surface area contributed by atoms with Gasteiger partial charge in [0.1, 0.15) is 6.54 Å². The number of aromatic nitrogens is 2. The molecule has 0 radical (unpaired) electrons. The van der Waals surface area contributed by atoms with Gasteiger partial charge in [0.15, 0.2) is 0 Å².